The number of ether oxygens (including phenoxy) is 1. The van der Waals surface area contributed by atoms with Gasteiger partial charge >= 0.3 is 0 Å². The van der Waals surface area contributed by atoms with Gasteiger partial charge in [0.2, 0.25) is 5.91 Å². The van der Waals surface area contributed by atoms with Crippen molar-refractivity contribution in [2.24, 2.45) is 0 Å². The van der Waals surface area contributed by atoms with Gasteiger partial charge < -0.3 is 15.0 Å². The Kier molecular flexibility index (Phi) is 8.53. The fourth-order valence-corrected chi connectivity index (χ4v) is 5.56. The molecule has 4 rings (SSSR count). The topological polar surface area (TPSA) is 84.7 Å². The van der Waals surface area contributed by atoms with Crippen LogP contribution < -0.4 is 5.32 Å². The molecule has 0 bridgehead atoms. The molecule has 2 aliphatic rings. The highest BCUT2D eigenvalue weighted by Crippen LogP contribution is 2.31. The number of aryl methyl sites for hydroxylation is 1. The van der Waals surface area contributed by atoms with Crippen LogP contribution in [-0.4, -0.2) is 47.6 Å². The van der Waals surface area contributed by atoms with Crippen LogP contribution in [0.2, 0.25) is 0 Å². The summed E-state index contributed by atoms with van der Waals surface area (Å²) < 4.78 is 6.02. The molecule has 1 heterocycles. The third-order valence-corrected chi connectivity index (χ3v) is 7.98. The zero-order valence-corrected chi connectivity index (χ0v) is 22.7. The number of hydrogen-bond acceptors (Lipinski definition) is 5. The molecule has 0 unspecified atom stereocenters. The van der Waals surface area contributed by atoms with Crippen molar-refractivity contribution in [2.75, 3.05) is 25.0 Å². The molecule has 2 aromatic rings. The van der Waals surface area contributed by atoms with Crippen molar-refractivity contribution < 1.29 is 14.5 Å². The molecular formula is C30H41N3O4. The Morgan fingerprint density at radius 2 is 1.68 bits per heavy atom. The molecule has 1 saturated heterocycles. The minimum atomic E-state index is -0.350. The number of carbonyl (C=O) groups excluding carboxylic acids is 1. The molecule has 1 saturated carbocycles. The number of rotatable bonds is 7. The van der Waals surface area contributed by atoms with Gasteiger partial charge in [0, 0.05) is 36.4 Å². The Morgan fingerprint density at radius 3 is 2.24 bits per heavy atom. The lowest BCUT2D eigenvalue weighted by molar-refractivity contribution is -0.385. The third kappa shape index (κ3) is 7.10. The summed E-state index contributed by atoms with van der Waals surface area (Å²) in [5, 5.41) is 14.5. The maximum Gasteiger partial charge on any atom is 0.272 e. The summed E-state index contributed by atoms with van der Waals surface area (Å²) in [7, 11) is 0. The third-order valence-electron chi connectivity index (χ3n) is 7.98. The number of benzene rings is 2. The second-order valence-corrected chi connectivity index (χ2v) is 11.7. The molecular weight excluding hydrogens is 466 g/mol. The van der Waals surface area contributed by atoms with E-state index in [9.17, 15) is 14.9 Å². The average molecular weight is 508 g/mol. The number of carbonyl (C=O) groups is 1. The van der Waals surface area contributed by atoms with Crippen molar-refractivity contribution in [3.05, 3.63) is 69.3 Å². The molecule has 0 aromatic heterocycles. The van der Waals surface area contributed by atoms with Gasteiger partial charge in [-0.15, -0.1) is 0 Å². The molecule has 2 aromatic carbocycles. The smallest absolute Gasteiger partial charge is 0.272 e. The van der Waals surface area contributed by atoms with E-state index in [1.54, 1.807) is 19.1 Å². The van der Waals surface area contributed by atoms with Crippen LogP contribution >= 0.6 is 0 Å². The Bertz CT molecular complexity index is 1080. The average Bonchev–Trinajstić information content (AvgIpc) is 2.87. The summed E-state index contributed by atoms with van der Waals surface area (Å²) in [6.45, 7) is 10.2. The quantitative estimate of drug-likeness (QED) is 0.349. The number of piperidine rings is 1. The SMILES string of the molecule is Cc1cc(NC2CCC(OCC(=O)N3CCC(c4ccc(C(C)(C)C)cc4)CC3)CC2)ccc1[N+](=O)[O-]. The predicted octanol–water partition coefficient (Wildman–Crippen LogP) is 6.35. The molecule has 2 fully saturated rings. The zero-order valence-electron chi connectivity index (χ0n) is 22.7. The summed E-state index contributed by atoms with van der Waals surface area (Å²) in [6, 6.07) is 14.5. The van der Waals surface area contributed by atoms with E-state index in [0.717, 1.165) is 57.3 Å². The monoisotopic (exact) mass is 507 g/mol. The minimum Gasteiger partial charge on any atom is -0.382 e. The molecule has 0 spiro atoms. The van der Waals surface area contributed by atoms with Gasteiger partial charge in [-0.3, -0.25) is 14.9 Å². The van der Waals surface area contributed by atoms with Crippen LogP contribution in [0.4, 0.5) is 11.4 Å². The largest absolute Gasteiger partial charge is 0.382 e. The molecule has 0 atom stereocenters. The Labute approximate surface area is 220 Å². The van der Waals surface area contributed by atoms with Gasteiger partial charge in [0.25, 0.3) is 5.69 Å². The number of nitro groups is 1. The molecule has 37 heavy (non-hydrogen) atoms. The van der Waals surface area contributed by atoms with Crippen molar-refractivity contribution in [1.29, 1.82) is 0 Å². The van der Waals surface area contributed by atoms with E-state index >= 15 is 0 Å². The Balaban J connectivity index is 1.16. The van der Waals surface area contributed by atoms with Gasteiger partial charge in [0.15, 0.2) is 0 Å². The number of nitrogens with one attached hydrogen (secondary N) is 1. The van der Waals surface area contributed by atoms with Crippen LogP contribution in [0, 0.1) is 17.0 Å². The van der Waals surface area contributed by atoms with Crippen LogP contribution in [0.1, 0.15) is 81.9 Å². The number of nitro benzene ring substituents is 1. The molecule has 7 nitrogen and oxygen atoms in total. The lowest BCUT2D eigenvalue weighted by Gasteiger charge is -2.33. The Morgan fingerprint density at radius 1 is 1.03 bits per heavy atom. The van der Waals surface area contributed by atoms with Crippen LogP contribution in [-0.2, 0) is 14.9 Å². The van der Waals surface area contributed by atoms with Crippen molar-refractivity contribution in [3.63, 3.8) is 0 Å². The number of amides is 1. The van der Waals surface area contributed by atoms with Crippen LogP contribution in [0.25, 0.3) is 0 Å². The first-order valence-electron chi connectivity index (χ1n) is 13.6. The van der Waals surface area contributed by atoms with Gasteiger partial charge in [0.1, 0.15) is 6.61 Å². The molecule has 200 valence electrons. The molecule has 0 radical (unpaired) electrons. The van der Waals surface area contributed by atoms with Gasteiger partial charge in [-0.25, -0.2) is 0 Å². The van der Waals surface area contributed by atoms with Crippen LogP contribution in [0.5, 0.6) is 0 Å². The normalized spacial score (nSPS) is 21.0. The number of anilines is 1. The first-order valence-corrected chi connectivity index (χ1v) is 13.6. The summed E-state index contributed by atoms with van der Waals surface area (Å²) in [5.41, 5.74) is 4.62. The van der Waals surface area contributed by atoms with Gasteiger partial charge in [-0.05, 0) is 80.0 Å². The van der Waals surface area contributed by atoms with E-state index < -0.39 is 0 Å². The van der Waals surface area contributed by atoms with Gasteiger partial charge in [0.05, 0.1) is 11.0 Å². The fourth-order valence-electron chi connectivity index (χ4n) is 5.56. The fraction of sp³-hybridized carbons (Fsp3) is 0.567. The van der Waals surface area contributed by atoms with Crippen LogP contribution in [0.15, 0.2) is 42.5 Å². The van der Waals surface area contributed by atoms with E-state index in [4.69, 9.17) is 4.74 Å². The highest BCUT2D eigenvalue weighted by Gasteiger charge is 2.27. The lowest BCUT2D eigenvalue weighted by Crippen LogP contribution is -2.41. The molecule has 1 aliphatic carbocycles. The van der Waals surface area contributed by atoms with E-state index in [0.29, 0.717) is 17.5 Å². The van der Waals surface area contributed by atoms with Crippen molar-refractivity contribution in [1.82, 2.24) is 4.90 Å². The first-order chi connectivity index (χ1) is 17.6. The molecule has 1 amide bonds. The molecule has 1 N–H and O–H groups in total. The first kappa shape index (κ1) is 27.1. The van der Waals surface area contributed by atoms with E-state index in [-0.39, 0.29) is 34.6 Å². The highest BCUT2D eigenvalue weighted by molar-refractivity contribution is 5.77. The van der Waals surface area contributed by atoms with E-state index in [1.165, 1.54) is 11.1 Å². The minimum absolute atomic E-state index is 0.100. The number of likely N-dealkylation sites (tertiary alicyclic amines) is 1. The van der Waals surface area contributed by atoms with Crippen molar-refractivity contribution in [2.45, 2.75) is 89.7 Å². The highest BCUT2D eigenvalue weighted by atomic mass is 16.6. The van der Waals surface area contributed by atoms with E-state index in [1.807, 2.05) is 11.0 Å². The maximum absolute atomic E-state index is 12.8. The lowest BCUT2D eigenvalue weighted by atomic mass is 9.84. The number of hydrogen-bond donors (Lipinski definition) is 1. The molecule has 7 heteroatoms. The maximum atomic E-state index is 12.8. The summed E-state index contributed by atoms with van der Waals surface area (Å²) in [4.78, 5) is 25.4. The zero-order chi connectivity index (χ0) is 26.6. The second kappa shape index (κ2) is 11.6. The summed E-state index contributed by atoms with van der Waals surface area (Å²) in [5.74, 6) is 0.615. The van der Waals surface area contributed by atoms with Gasteiger partial charge in [-0.1, -0.05) is 45.0 Å². The number of nitrogens with zero attached hydrogens (tertiary/aromatic N) is 2. The Hall–Kier alpha value is -2.93. The standard InChI is InChI=1S/C30H41N3O4/c1-21-19-26(11-14-28(21)33(35)36)31-25-9-12-27(13-10-25)37-20-29(34)32-17-15-23(16-18-32)22-5-7-24(8-6-22)30(2,3)4/h5-8,11,14,19,23,25,27,31H,9-10,12-13,15-18,20H2,1-4H3. The second-order valence-electron chi connectivity index (χ2n) is 11.7. The van der Waals surface area contributed by atoms with Crippen molar-refractivity contribution in [3.8, 4) is 0 Å². The molecule has 1 aliphatic heterocycles. The van der Waals surface area contributed by atoms with E-state index in [2.05, 4.69) is 50.4 Å². The van der Waals surface area contributed by atoms with Gasteiger partial charge in [-0.2, -0.15) is 0 Å². The summed E-state index contributed by atoms with van der Waals surface area (Å²) in [6.07, 6.45) is 5.83. The summed E-state index contributed by atoms with van der Waals surface area (Å²) >= 11 is 0. The van der Waals surface area contributed by atoms with Crippen molar-refractivity contribution >= 4 is 17.3 Å². The predicted molar refractivity (Wildman–Crippen MR) is 147 cm³/mol. The van der Waals surface area contributed by atoms with Crippen LogP contribution in [0.3, 0.4) is 0 Å².